The van der Waals surface area contributed by atoms with Gasteiger partial charge < -0.3 is 10.4 Å². The molecule has 4 aromatic rings. The third-order valence-electron chi connectivity index (χ3n) is 5.70. The van der Waals surface area contributed by atoms with Crippen molar-refractivity contribution in [1.82, 2.24) is 5.32 Å². The van der Waals surface area contributed by atoms with E-state index >= 15 is 0 Å². The van der Waals surface area contributed by atoms with Gasteiger partial charge in [-0.25, -0.2) is 0 Å². The van der Waals surface area contributed by atoms with E-state index in [0.717, 1.165) is 13.0 Å². The Morgan fingerprint density at radius 3 is 2.20 bits per heavy atom. The van der Waals surface area contributed by atoms with Gasteiger partial charge in [0.15, 0.2) is 0 Å². The molecule has 0 heterocycles. The molecule has 0 aliphatic carbocycles. The van der Waals surface area contributed by atoms with E-state index in [2.05, 4.69) is 73.8 Å². The van der Waals surface area contributed by atoms with E-state index in [0.29, 0.717) is 5.92 Å². The molecule has 0 saturated heterocycles. The fourth-order valence-corrected chi connectivity index (χ4v) is 3.92. The van der Waals surface area contributed by atoms with Crippen molar-refractivity contribution in [3.8, 4) is 0 Å². The lowest BCUT2D eigenvalue weighted by atomic mass is 9.91. The molecule has 0 aliphatic rings. The molecule has 128 valence electrons. The van der Waals surface area contributed by atoms with Crippen molar-refractivity contribution in [1.29, 1.82) is 0 Å². The Bertz CT molecular complexity index is 991. The molecule has 4 aromatic carbocycles. The number of hydrogen-bond donors (Lipinski definition) is 2. The summed E-state index contributed by atoms with van der Waals surface area (Å²) >= 11 is 0. The van der Waals surface area contributed by atoms with Crippen molar-refractivity contribution in [3.63, 3.8) is 0 Å². The molecule has 0 fully saturated rings. The second kappa shape index (κ2) is 6.62. The van der Waals surface area contributed by atoms with Crippen LogP contribution in [0.5, 0.6) is 0 Å². The summed E-state index contributed by atoms with van der Waals surface area (Å²) in [6.07, 6.45) is 1.07. The molecule has 4 rings (SSSR count). The van der Waals surface area contributed by atoms with Crippen LogP contribution in [-0.4, -0.2) is 17.8 Å². The maximum atomic E-state index is 9.68. The van der Waals surface area contributed by atoms with Gasteiger partial charge in [-0.3, -0.25) is 0 Å². The summed E-state index contributed by atoms with van der Waals surface area (Å²) in [5, 5.41) is 21.2. The first kappa shape index (κ1) is 16.3. The van der Waals surface area contributed by atoms with Crippen LogP contribution in [0.3, 0.4) is 0 Å². The van der Waals surface area contributed by atoms with E-state index in [1.807, 2.05) is 0 Å². The number of rotatable bonds is 6. The summed E-state index contributed by atoms with van der Waals surface area (Å²) in [7, 11) is 0. The second-order valence-electron chi connectivity index (χ2n) is 7.14. The van der Waals surface area contributed by atoms with Crippen LogP contribution in [0.25, 0.3) is 32.3 Å². The van der Waals surface area contributed by atoms with E-state index in [1.165, 1.54) is 37.9 Å². The van der Waals surface area contributed by atoms with Gasteiger partial charge in [0.25, 0.3) is 0 Å². The highest BCUT2D eigenvalue weighted by molar-refractivity contribution is 6.23. The Hall–Kier alpha value is -2.16. The van der Waals surface area contributed by atoms with Crippen molar-refractivity contribution in [2.24, 2.45) is 5.92 Å². The standard InChI is InChI=1S/C23H25NO/c1-3-15(2)21(14-25)24-13-19-10-9-18-8-7-16-5-4-6-17-11-12-20(19)23(18)22(16)17/h4-12,15,21,24-25H,3,13-14H2,1-2H3/t15?,21-/m1/s1. The van der Waals surface area contributed by atoms with E-state index < -0.39 is 0 Å². The van der Waals surface area contributed by atoms with Crippen LogP contribution in [0.1, 0.15) is 25.8 Å². The van der Waals surface area contributed by atoms with E-state index in [1.54, 1.807) is 0 Å². The Labute approximate surface area is 148 Å². The molecule has 0 radical (unpaired) electrons. The third kappa shape index (κ3) is 2.76. The minimum absolute atomic E-state index is 0.142. The van der Waals surface area contributed by atoms with E-state index in [4.69, 9.17) is 0 Å². The highest BCUT2D eigenvalue weighted by Gasteiger charge is 2.15. The smallest absolute Gasteiger partial charge is 0.0587 e. The summed E-state index contributed by atoms with van der Waals surface area (Å²) in [5.74, 6) is 0.463. The van der Waals surface area contributed by atoms with E-state index in [-0.39, 0.29) is 12.6 Å². The Morgan fingerprint density at radius 1 is 0.880 bits per heavy atom. The molecule has 0 aromatic heterocycles. The van der Waals surface area contributed by atoms with Gasteiger partial charge in [-0.1, -0.05) is 74.9 Å². The van der Waals surface area contributed by atoms with E-state index in [9.17, 15) is 5.11 Å². The first-order valence-electron chi connectivity index (χ1n) is 9.22. The molecule has 2 N–H and O–H groups in total. The molecule has 2 atom stereocenters. The predicted molar refractivity (Wildman–Crippen MR) is 107 cm³/mol. The Morgan fingerprint density at radius 2 is 1.52 bits per heavy atom. The van der Waals surface area contributed by atoms with Crippen LogP contribution in [0.15, 0.2) is 54.6 Å². The van der Waals surface area contributed by atoms with Crippen molar-refractivity contribution in [3.05, 3.63) is 60.2 Å². The fourth-order valence-electron chi connectivity index (χ4n) is 3.92. The number of benzene rings is 4. The molecular formula is C23H25NO. The first-order chi connectivity index (χ1) is 12.2. The fraction of sp³-hybridized carbons (Fsp3) is 0.304. The highest BCUT2D eigenvalue weighted by atomic mass is 16.3. The first-order valence-corrected chi connectivity index (χ1v) is 9.22. The molecule has 0 amide bonds. The lowest BCUT2D eigenvalue weighted by molar-refractivity contribution is 0.201. The summed E-state index contributed by atoms with van der Waals surface area (Å²) < 4.78 is 0. The van der Waals surface area contributed by atoms with Gasteiger partial charge in [-0.15, -0.1) is 0 Å². The van der Waals surface area contributed by atoms with Crippen LogP contribution < -0.4 is 5.32 Å². The van der Waals surface area contributed by atoms with Crippen LogP contribution in [0, 0.1) is 5.92 Å². The average molecular weight is 331 g/mol. The minimum Gasteiger partial charge on any atom is -0.395 e. The van der Waals surface area contributed by atoms with Gasteiger partial charge in [-0.2, -0.15) is 0 Å². The second-order valence-corrected chi connectivity index (χ2v) is 7.14. The molecule has 0 spiro atoms. The Kier molecular flexibility index (Phi) is 4.32. The summed E-state index contributed by atoms with van der Waals surface area (Å²) in [6.45, 7) is 5.33. The number of nitrogens with one attached hydrogen (secondary N) is 1. The summed E-state index contributed by atoms with van der Waals surface area (Å²) in [4.78, 5) is 0. The van der Waals surface area contributed by atoms with Crippen LogP contribution >= 0.6 is 0 Å². The lowest BCUT2D eigenvalue weighted by Crippen LogP contribution is -2.37. The Balaban J connectivity index is 1.80. The molecule has 2 heteroatoms. The monoisotopic (exact) mass is 331 g/mol. The predicted octanol–water partition coefficient (Wildman–Crippen LogP) is 5.08. The topological polar surface area (TPSA) is 32.3 Å². The van der Waals surface area contributed by atoms with Gasteiger partial charge >= 0.3 is 0 Å². The molecule has 2 nitrogen and oxygen atoms in total. The summed E-state index contributed by atoms with van der Waals surface area (Å²) in [5.41, 5.74) is 1.30. The minimum atomic E-state index is 0.142. The maximum absolute atomic E-state index is 9.68. The van der Waals surface area contributed by atoms with Gasteiger partial charge in [0.05, 0.1) is 6.61 Å². The molecule has 0 aliphatic heterocycles. The molecular weight excluding hydrogens is 306 g/mol. The largest absolute Gasteiger partial charge is 0.395 e. The quantitative estimate of drug-likeness (QED) is 0.483. The maximum Gasteiger partial charge on any atom is 0.0587 e. The van der Waals surface area contributed by atoms with Gasteiger partial charge in [0.2, 0.25) is 0 Å². The zero-order valence-electron chi connectivity index (χ0n) is 14.9. The van der Waals surface area contributed by atoms with Gasteiger partial charge in [0.1, 0.15) is 0 Å². The van der Waals surface area contributed by atoms with Crippen molar-refractivity contribution in [2.75, 3.05) is 6.61 Å². The normalized spacial score (nSPS) is 14.5. The lowest BCUT2D eigenvalue weighted by Gasteiger charge is -2.23. The average Bonchev–Trinajstić information content (AvgIpc) is 2.67. The molecule has 1 unspecified atom stereocenters. The van der Waals surface area contributed by atoms with Crippen molar-refractivity contribution < 1.29 is 5.11 Å². The zero-order valence-corrected chi connectivity index (χ0v) is 14.9. The SMILES string of the molecule is CCC(C)[C@@H](CO)NCc1ccc2ccc3cccc4ccc1c2c34. The summed E-state index contributed by atoms with van der Waals surface area (Å²) in [6, 6.07) is 20.0. The number of hydrogen-bond acceptors (Lipinski definition) is 2. The molecule has 0 bridgehead atoms. The zero-order chi connectivity index (χ0) is 17.4. The highest BCUT2D eigenvalue weighted by Crippen LogP contribution is 2.35. The van der Waals surface area contributed by atoms with Crippen LogP contribution in [0.2, 0.25) is 0 Å². The molecule has 25 heavy (non-hydrogen) atoms. The van der Waals surface area contributed by atoms with Crippen LogP contribution in [0.4, 0.5) is 0 Å². The number of aliphatic hydroxyl groups excluding tert-OH is 1. The van der Waals surface area contributed by atoms with Crippen LogP contribution in [-0.2, 0) is 6.54 Å². The molecule has 0 saturated carbocycles. The third-order valence-corrected chi connectivity index (χ3v) is 5.70. The van der Waals surface area contributed by atoms with Gasteiger partial charge in [-0.05, 0) is 43.8 Å². The van der Waals surface area contributed by atoms with Crippen molar-refractivity contribution in [2.45, 2.75) is 32.9 Å². The van der Waals surface area contributed by atoms with Crippen molar-refractivity contribution >= 4 is 32.3 Å². The number of aliphatic hydroxyl groups is 1. The van der Waals surface area contributed by atoms with Gasteiger partial charge in [0, 0.05) is 12.6 Å².